The van der Waals surface area contributed by atoms with Gasteiger partial charge in [-0.3, -0.25) is 4.79 Å². The fourth-order valence-electron chi connectivity index (χ4n) is 1.32. The van der Waals surface area contributed by atoms with Crippen molar-refractivity contribution in [1.82, 2.24) is 9.97 Å². The normalized spacial score (nSPS) is 10.4. The molecule has 0 unspecified atom stereocenters. The Bertz CT molecular complexity index is 335. The number of aromatic amines is 1. The average Bonchev–Trinajstić information content (AvgIpc) is 2.11. The van der Waals surface area contributed by atoms with Crippen LogP contribution in [0.4, 0.5) is 0 Å². The fourth-order valence-corrected chi connectivity index (χ4v) is 1.72. The Kier molecular flexibility index (Phi) is 4.87. The molecule has 1 heterocycles. The summed E-state index contributed by atoms with van der Waals surface area (Å²) < 4.78 is 0. The molecular weight excluding hydrogens is 244 g/mol. The molecule has 0 amide bonds. The molecule has 0 atom stereocenters. The summed E-state index contributed by atoms with van der Waals surface area (Å²) in [6.45, 7) is 1.84. The van der Waals surface area contributed by atoms with Crippen LogP contribution in [0.1, 0.15) is 30.8 Å². The molecule has 14 heavy (non-hydrogen) atoms. The van der Waals surface area contributed by atoms with Gasteiger partial charge in [-0.2, -0.15) is 0 Å². The SMILES string of the molecule is Cc1cc(=O)[nH]c(CCCCCBr)n1. The maximum absolute atomic E-state index is 11.1. The molecule has 0 radical (unpaired) electrons. The summed E-state index contributed by atoms with van der Waals surface area (Å²) in [5.41, 5.74) is 0.747. The van der Waals surface area contributed by atoms with E-state index < -0.39 is 0 Å². The van der Waals surface area contributed by atoms with Gasteiger partial charge in [0.2, 0.25) is 0 Å². The Labute approximate surface area is 92.1 Å². The van der Waals surface area contributed by atoms with Gasteiger partial charge in [0.25, 0.3) is 5.56 Å². The Morgan fingerprint density at radius 1 is 1.43 bits per heavy atom. The van der Waals surface area contributed by atoms with Gasteiger partial charge in [0.15, 0.2) is 0 Å². The quantitative estimate of drug-likeness (QED) is 0.650. The molecule has 0 aromatic carbocycles. The molecule has 0 aliphatic rings. The first-order valence-electron chi connectivity index (χ1n) is 4.85. The molecule has 0 saturated carbocycles. The molecule has 4 heteroatoms. The number of rotatable bonds is 5. The van der Waals surface area contributed by atoms with Crippen LogP contribution in [-0.2, 0) is 6.42 Å². The molecule has 78 valence electrons. The second kappa shape index (κ2) is 5.96. The molecule has 3 nitrogen and oxygen atoms in total. The topological polar surface area (TPSA) is 45.8 Å². The van der Waals surface area contributed by atoms with Crippen LogP contribution in [0.25, 0.3) is 0 Å². The van der Waals surface area contributed by atoms with Crippen molar-refractivity contribution < 1.29 is 0 Å². The van der Waals surface area contributed by atoms with Crippen molar-refractivity contribution in [2.24, 2.45) is 0 Å². The molecule has 0 aliphatic heterocycles. The lowest BCUT2D eigenvalue weighted by atomic mass is 10.2. The highest BCUT2D eigenvalue weighted by molar-refractivity contribution is 9.09. The molecule has 0 aliphatic carbocycles. The summed E-state index contributed by atoms with van der Waals surface area (Å²) in [6, 6.07) is 1.52. The van der Waals surface area contributed by atoms with E-state index in [1.807, 2.05) is 6.92 Å². The van der Waals surface area contributed by atoms with Crippen molar-refractivity contribution in [3.05, 3.63) is 27.9 Å². The number of aryl methyl sites for hydroxylation is 2. The number of hydrogen-bond donors (Lipinski definition) is 1. The highest BCUT2D eigenvalue weighted by atomic mass is 79.9. The number of unbranched alkanes of at least 4 members (excludes halogenated alkanes) is 2. The van der Waals surface area contributed by atoms with Crippen molar-refractivity contribution >= 4 is 15.9 Å². The van der Waals surface area contributed by atoms with Crippen molar-refractivity contribution in [3.63, 3.8) is 0 Å². The van der Waals surface area contributed by atoms with Gasteiger partial charge in [-0.05, 0) is 19.8 Å². The van der Waals surface area contributed by atoms with Gasteiger partial charge in [-0.25, -0.2) is 4.98 Å². The van der Waals surface area contributed by atoms with Gasteiger partial charge in [0.05, 0.1) is 0 Å². The maximum Gasteiger partial charge on any atom is 0.251 e. The van der Waals surface area contributed by atoms with Crippen LogP contribution in [-0.4, -0.2) is 15.3 Å². The zero-order valence-corrected chi connectivity index (χ0v) is 9.93. The van der Waals surface area contributed by atoms with Gasteiger partial charge in [-0.15, -0.1) is 0 Å². The van der Waals surface area contributed by atoms with E-state index in [0.717, 1.165) is 29.7 Å². The highest BCUT2D eigenvalue weighted by Gasteiger charge is 1.97. The lowest BCUT2D eigenvalue weighted by Gasteiger charge is -2.00. The van der Waals surface area contributed by atoms with Crippen LogP contribution >= 0.6 is 15.9 Å². The van der Waals surface area contributed by atoms with Gasteiger partial charge in [-0.1, -0.05) is 22.4 Å². The second-order valence-electron chi connectivity index (χ2n) is 3.33. The van der Waals surface area contributed by atoms with E-state index in [4.69, 9.17) is 0 Å². The monoisotopic (exact) mass is 258 g/mol. The van der Waals surface area contributed by atoms with E-state index in [1.165, 1.54) is 18.9 Å². The lowest BCUT2D eigenvalue weighted by Crippen LogP contribution is -2.11. The fraction of sp³-hybridized carbons (Fsp3) is 0.600. The van der Waals surface area contributed by atoms with Crippen LogP contribution < -0.4 is 5.56 Å². The Hall–Kier alpha value is -0.640. The minimum absolute atomic E-state index is 0.0482. The van der Waals surface area contributed by atoms with E-state index in [1.54, 1.807) is 0 Å². The first kappa shape index (κ1) is 11.4. The smallest absolute Gasteiger partial charge is 0.251 e. The summed E-state index contributed by atoms with van der Waals surface area (Å²) in [5.74, 6) is 0.810. The Morgan fingerprint density at radius 3 is 2.86 bits per heavy atom. The van der Waals surface area contributed by atoms with Gasteiger partial charge >= 0.3 is 0 Å². The standard InChI is InChI=1S/C10H15BrN2O/c1-8-7-10(14)13-9(12-8)5-3-2-4-6-11/h7H,2-6H2,1H3,(H,12,13,14). The second-order valence-corrected chi connectivity index (χ2v) is 4.13. The third kappa shape index (κ3) is 4.05. The number of aromatic nitrogens is 2. The predicted octanol–water partition coefficient (Wildman–Crippen LogP) is 2.19. The molecule has 1 aromatic heterocycles. The molecule has 0 fully saturated rings. The van der Waals surface area contributed by atoms with E-state index in [9.17, 15) is 4.79 Å². The molecule has 1 N–H and O–H groups in total. The molecule has 1 aromatic rings. The van der Waals surface area contributed by atoms with E-state index in [0.29, 0.717) is 0 Å². The lowest BCUT2D eigenvalue weighted by molar-refractivity contribution is 0.694. The zero-order chi connectivity index (χ0) is 10.4. The van der Waals surface area contributed by atoms with Crippen molar-refractivity contribution in [2.75, 3.05) is 5.33 Å². The average molecular weight is 259 g/mol. The van der Waals surface area contributed by atoms with Gasteiger partial charge in [0, 0.05) is 23.5 Å². The predicted molar refractivity (Wildman–Crippen MR) is 60.9 cm³/mol. The van der Waals surface area contributed by atoms with Crippen molar-refractivity contribution in [3.8, 4) is 0 Å². The Morgan fingerprint density at radius 2 is 2.21 bits per heavy atom. The van der Waals surface area contributed by atoms with Crippen LogP contribution in [0, 0.1) is 6.92 Å². The van der Waals surface area contributed by atoms with E-state index in [-0.39, 0.29) is 5.56 Å². The van der Waals surface area contributed by atoms with Crippen LogP contribution in [0.3, 0.4) is 0 Å². The number of nitrogens with zero attached hydrogens (tertiary/aromatic N) is 1. The van der Waals surface area contributed by atoms with Gasteiger partial charge < -0.3 is 4.98 Å². The van der Waals surface area contributed by atoms with Crippen molar-refractivity contribution in [1.29, 1.82) is 0 Å². The molecule has 0 saturated heterocycles. The molecular formula is C10H15BrN2O. The maximum atomic E-state index is 11.1. The third-order valence-electron chi connectivity index (χ3n) is 1.97. The largest absolute Gasteiger partial charge is 0.311 e. The molecule has 1 rings (SSSR count). The number of alkyl halides is 1. The molecule has 0 spiro atoms. The number of halogens is 1. The summed E-state index contributed by atoms with van der Waals surface area (Å²) in [6.07, 6.45) is 4.29. The first-order valence-corrected chi connectivity index (χ1v) is 5.97. The van der Waals surface area contributed by atoms with E-state index in [2.05, 4.69) is 25.9 Å². The number of H-pyrrole nitrogens is 1. The zero-order valence-electron chi connectivity index (χ0n) is 8.35. The van der Waals surface area contributed by atoms with Crippen LogP contribution in [0.15, 0.2) is 10.9 Å². The van der Waals surface area contributed by atoms with Crippen molar-refractivity contribution in [2.45, 2.75) is 32.6 Å². The first-order chi connectivity index (χ1) is 6.72. The van der Waals surface area contributed by atoms with Crippen LogP contribution in [0.5, 0.6) is 0 Å². The third-order valence-corrected chi connectivity index (χ3v) is 2.53. The summed E-state index contributed by atoms with van der Waals surface area (Å²) in [7, 11) is 0. The number of nitrogens with one attached hydrogen (secondary N) is 1. The number of hydrogen-bond acceptors (Lipinski definition) is 2. The van der Waals surface area contributed by atoms with E-state index >= 15 is 0 Å². The minimum atomic E-state index is -0.0482. The summed E-state index contributed by atoms with van der Waals surface area (Å²) >= 11 is 3.39. The molecule has 0 bridgehead atoms. The summed E-state index contributed by atoms with van der Waals surface area (Å²) in [4.78, 5) is 18.1. The van der Waals surface area contributed by atoms with Crippen LogP contribution in [0.2, 0.25) is 0 Å². The minimum Gasteiger partial charge on any atom is -0.311 e. The Balaban J connectivity index is 2.46. The summed E-state index contributed by atoms with van der Waals surface area (Å²) in [5, 5.41) is 1.05. The van der Waals surface area contributed by atoms with Gasteiger partial charge in [0.1, 0.15) is 5.82 Å². The highest BCUT2D eigenvalue weighted by Crippen LogP contribution is 2.02.